The summed E-state index contributed by atoms with van der Waals surface area (Å²) in [6.45, 7) is 3.27. The SMILES string of the molecule is CCNC(c1ccc(Cl)cc1)C1C2C3CCC(C3)C21. The summed E-state index contributed by atoms with van der Waals surface area (Å²) in [6, 6.07) is 9.06. The van der Waals surface area contributed by atoms with E-state index in [4.69, 9.17) is 11.6 Å². The van der Waals surface area contributed by atoms with Crippen LogP contribution in [0.5, 0.6) is 0 Å². The molecule has 19 heavy (non-hydrogen) atoms. The molecule has 3 aliphatic rings. The second-order valence-electron chi connectivity index (χ2n) is 6.65. The highest BCUT2D eigenvalue weighted by atomic mass is 35.5. The summed E-state index contributed by atoms with van der Waals surface area (Å²) in [5.41, 5.74) is 1.44. The maximum absolute atomic E-state index is 6.02. The molecule has 5 unspecified atom stereocenters. The first-order valence-electron chi connectivity index (χ1n) is 7.78. The molecule has 0 spiro atoms. The molecule has 1 nitrogen and oxygen atoms in total. The molecule has 1 aromatic carbocycles. The van der Waals surface area contributed by atoms with Gasteiger partial charge in [-0.05, 0) is 73.1 Å². The first kappa shape index (κ1) is 12.2. The zero-order chi connectivity index (χ0) is 13.0. The van der Waals surface area contributed by atoms with Crippen LogP contribution in [0.25, 0.3) is 0 Å². The van der Waals surface area contributed by atoms with E-state index < -0.39 is 0 Å². The topological polar surface area (TPSA) is 12.0 Å². The van der Waals surface area contributed by atoms with Gasteiger partial charge in [0.1, 0.15) is 0 Å². The fraction of sp³-hybridized carbons (Fsp3) is 0.647. The molecule has 5 atom stereocenters. The minimum absolute atomic E-state index is 0.556. The van der Waals surface area contributed by atoms with E-state index in [9.17, 15) is 0 Å². The first-order chi connectivity index (χ1) is 9.29. The molecule has 3 saturated carbocycles. The third kappa shape index (κ3) is 1.86. The Morgan fingerprint density at radius 3 is 2.37 bits per heavy atom. The molecule has 2 bridgehead atoms. The second-order valence-corrected chi connectivity index (χ2v) is 7.09. The predicted octanol–water partition coefficient (Wildman–Crippen LogP) is 4.28. The molecule has 4 rings (SSSR count). The molecule has 3 fully saturated rings. The van der Waals surface area contributed by atoms with E-state index in [1.807, 2.05) is 12.1 Å². The van der Waals surface area contributed by atoms with E-state index >= 15 is 0 Å². The second kappa shape index (κ2) is 4.49. The molecule has 0 heterocycles. The van der Waals surface area contributed by atoms with E-state index in [0.717, 1.165) is 41.2 Å². The van der Waals surface area contributed by atoms with Gasteiger partial charge in [-0.3, -0.25) is 0 Å². The minimum Gasteiger partial charge on any atom is -0.310 e. The van der Waals surface area contributed by atoms with Gasteiger partial charge in [-0.2, -0.15) is 0 Å². The van der Waals surface area contributed by atoms with Crippen molar-refractivity contribution in [3.63, 3.8) is 0 Å². The van der Waals surface area contributed by atoms with Crippen LogP contribution >= 0.6 is 11.6 Å². The highest BCUT2D eigenvalue weighted by molar-refractivity contribution is 6.30. The summed E-state index contributed by atoms with van der Waals surface area (Å²) in [4.78, 5) is 0. The molecule has 0 aliphatic heterocycles. The normalized spacial score (nSPS) is 40.2. The summed E-state index contributed by atoms with van der Waals surface area (Å²) in [5.74, 6) is 5.05. The monoisotopic (exact) mass is 275 g/mol. The van der Waals surface area contributed by atoms with Crippen LogP contribution in [0.1, 0.15) is 37.8 Å². The van der Waals surface area contributed by atoms with Crippen LogP contribution in [0.3, 0.4) is 0 Å². The summed E-state index contributed by atoms with van der Waals surface area (Å²) in [7, 11) is 0. The van der Waals surface area contributed by atoms with E-state index in [1.54, 1.807) is 0 Å². The van der Waals surface area contributed by atoms with Crippen LogP contribution in [0.4, 0.5) is 0 Å². The number of benzene rings is 1. The van der Waals surface area contributed by atoms with E-state index in [0.29, 0.717) is 6.04 Å². The van der Waals surface area contributed by atoms with Crippen LogP contribution in [-0.4, -0.2) is 6.54 Å². The lowest BCUT2D eigenvalue weighted by atomic mass is 9.93. The number of halogens is 1. The van der Waals surface area contributed by atoms with Gasteiger partial charge < -0.3 is 5.32 Å². The van der Waals surface area contributed by atoms with Crippen molar-refractivity contribution in [3.05, 3.63) is 34.9 Å². The van der Waals surface area contributed by atoms with Crippen molar-refractivity contribution in [2.75, 3.05) is 6.54 Å². The van der Waals surface area contributed by atoms with E-state index in [1.165, 1.54) is 24.8 Å². The van der Waals surface area contributed by atoms with Gasteiger partial charge in [-0.25, -0.2) is 0 Å². The summed E-state index contributed by atoms with van der Waals surface area (Å²) in [5, 5.41) is 4.58. The lowest BCUT2D eigenvalue weighted by molar-refractivity contribution is 0.375. The smallest absolute Gasteiger partial charge is 0.0406 e. The van der Waals surface area contributed by atoms with Gasteiger partial charge in [-0.1, -0.05) is 30.7 Å². The van der Waals surface area contributed by atoms with Gasteiger partial charge in [0.15, 0.2) is 0 Å². The average Bonchev–Trinajstić information content (AvgIpc) is 2.84. The van der Waals surface area contributed by atoms with Crippen LogP contribution in [0.15, 0.2) is 24.3 Å². The van der Waals surface area contributed by atoms with Crippen molar-refractivity contribution in [1.29, 1.82) is 0 Å². The van der Waals surface area contributed by atoms with Gasteiger partial charge in [0.25, 0.3) is 0 Å². The molecule has 2 heteroatoms. The molecule has 102 valence electrons. The van der Waals surface area contributed by atoms with Crippen molar-refractivity contribution in [2.45, 2.75) is 32.2 Å². The van der Waals surface area contributed by atoms with Gasteiger partial charge in [0, 0.05) is 11.1 Å². The molecular weight excluding hydrogens is 254 g/mol. The summed E-state index contributed by atoms with van der Waals surface area (Å²) in [6.07, 6.45) is 4.54. The number of fused-ring (bicyclic) bond motifs is 5. The van der Waals surface area contributed by atoms with Crippen LogP contribution < -0.4 is 5.32 Å². The Labute approximate surface area is 120 Å². The van der Waals surface area contributed by atoms with Crippen molar-refractivity contribution in [2.24, 2.45) is 29.6 Å². The van der Waals surface area contributed by atoms with Gasteiger partial charge in [0.2, 0.25) is 0 Å². The molecule has 0 aromatic heterocycles. The Balaban J connectivity index is 1.58. The maximum Gasteiger partial charge on any atom is 0.0406 e. The largest absolute Gasteiger partial charge is 0.310 e. The number of hydrogen-bond donors (Lipinski definition) is 1. The Bertz CT molecular complexity index is 453. The molecule has 0 amide bonds. The van der Waals surface area contributed by atoms with Gasteiger partial charge in [0.05, 0.1) is 0 Å². The minimum atomic E-state index is 0.556. The summed E-state index contributed by atoms with van der Waals surface area (Å²) < 4.78 is 0. The van der Waals surface area contributed by atoms with Crippen molar-refractivity contribution < 1.29 is 0 Å². The molecule has 1 N–H and O–H groups in total. The van der Waals surface area contributed by atoms with Gasteiger partial charge in [-0.15, -0.1) is 0 Å². The lowest BCUT2D eigenvalue weighted by Gasteiger charge is -2.22. The Hall–Kier alpha value is -0.530. The van der Waals surface area contributed by atoms with Gasteiger partial charge >= 0.3 is 0 Å². The fourth-order valence-electron chi connectivity index (χ4n) is 5.20. The molecule has 1 aromatic rings. The maximum atomic E-state index is 6.02. The third-order valence-electron chi connectivity index (χ3n) is 5.83. The number of hydrogen-bond acceptors (Lipinski definition) is 1. The molecule has 3 aliphatic carbocycles. The van der Waals surface area contributed by atoms with Crippen LogP contribution in [0, 0.1) is 29.6 Å². The Morgan fingerprint density at radius 2 is 1.79 bits per heavy atom. The van der Waals surface area contributed by atoms with Crippen molar-refractivity contribution >= 4 is 11.6 Å². The zero-order valence-corrected chi connectivity index (χ0v) is 12.2. The fourth-order valence-corrected chi connectivity index (χ4v) is 5.33. The predicted molar refractivity (Wildman–Crippen MR) is 79.2 cm³/mol. The Morgan fingerprint density at radius 1 is 1.16 bits per heavy atom. The Kier molecular flexibility index (Phi) is 2.89. The standard InChI is InChI=1S/C17H22ClN/c1-2-19-17(10-5-7-13(18)8-6-10)16-14-11-3-4-12(9-11)15(14)16/h5-8,11-12,14-17,19H,2-4,9H2,1H3. The summed E-state index contributed by atoms with van der Waals surface area (Å²) >= 11 is 6.02. The van der Waals surface area contributed by atoms with Crippen molar-refractivity contribution in [1.82, 2.24) is 5.32 Å². The lowest BCUT2D eigenvalue weighted by Crippen LogP contribution is -2.25. The average molecular weight is 276 g/mol. The highest BCUT2D eigenvalue weighted by Gasteiger charge is 2.66. The number of rotatable bonds is 4. The first-order valence-corrected chi connectivity index (χ1v) is 8.16. The van der Waals surface area contributed by atoms with Crippen LogP contribution in [0.2, 0.25) is 5.02 Å². The number of nitrogens with one attached hydrogen (secondary N) is 1. The zero-order valence-electron chi connectivity index (χ0n) is 11.5. The van der Waals surface area contributed by atoms with Crippen LogP contribution in [-0.2, 0) is 0 Å². The molecule has 0 radical (unpaired) electrons. The van der Waals surface area contributed by atoms with E-state index in [2.05, 4.69) is 24.4 Å². The van der Waals surface area contributed by atoms with E-state index in [-0.39, 0.29) is 0 Å². The highest BCUT2D eigenvalue weighted by Crippen LogP contribution is 2.72. The van der Waals surface area contributed by atoms with Crippen molar-refractivity contribution in [3.8, 4) is 0 Å². The third-order valence-corrected chi connectivity index (χ3v) is 6.08. The molecular formula is C17H22ClN. The molecule has 0 saturated heterocycles. The quantitative estimate of drug-likeness (QED) is 0.865.